The van der Waals surface area contributed by atoms with Crippen LogP contribution < -0.4 is 5.73 Å². The number of aliphatic hydroxyl groups excluding tert-OH is 1. The number of rotatable bonds is 2. The molecule has 2 rings (SSSR count). The van der Waals surface area contributed by atoms with Crippen molar-refractivity contribution < 1.29 is 5.11 Å². The van der Waals surface area contributed by atoms with E-state index in [4.69, 9.17) is 5.73 Å². The van der Waals surface area contributed by atoms with Gasteiger partial charge in [0.15, 0.2) is 0 Å². The second kappa shape index (κ2) is 3.78. The number of hydrogen-bond acceptors (Lipinski definition) is 3. The molecule has 3 N–H and O–H groups in total. The van der Waals surface area contributed by atoms with Crippen molar-refractivity contribution in [1.82, 2.24) is 0 Å². The third-order valence-electron chi connectivity index (χ3n) is 2.74. The summed E-state index contributed by atoms with van der Waals surface area (Å²) in [6.45, 7) is 0.734. The van der Waals surface area contributed by atoms with E-state index in [1.807, 2.05) is 6.07 Å². The van der Waals surface area contributed by atoms with E-state index in [-0.39, 0.29) is 6.10 Å². The van der Waals surface area contributed by atoms with E-state index < -0.39 is 0 Å². The minimum atomic E-state index is -0.244. The molecule has 3 heteroatoms. The fourth-order valence-corrected chi connectivity index (χ4v) is 3.11. The van der Waals surface area contributed by atoms with E-state index in [1.165, 1.54) is 4.88 Å². The third kappa shape index (κ3) is 1.77. The van der Waals surface area contributed by atoms with Crippen LogP contribution in [-0.2, 0) is 6.42 Å². The summed E-state index contributed by atoms with van der Waals surface area (Å²) in [5.74, 6) is 0.589. The van der Waals surface area contributed by atoms with Crippen LogP contribution in [0.4, 0.5) is 0 Å². The molecular formula is C10H15NOS. The molecule has 2 unspecified atom stereocenters. The van der Waals surface area contributed by atoms with E-state index in [0.717, 1.165) is 31.4 Å². The van der Waals surface area contributed by atoms with E-state index >= 15 is 0 Å². The molecule has 1 aromatic rings. The Balaban J connectivity index is 2.14. The van der Waals surface area contributed by atoms with Crippen molar-refractivity contribution in [3.8, 4) is 0 Å². The Kier molecular flexibility index (Phi) is 2.67. The van der Waals surface area contributed by atoms with Crippen LogP contribution in [0.15, 0.2) is 11.4 Å². The molecule has 0 saturated heterocycles. The van der Waals surface area contributed by atoms with Crippen molar-refractivity contribution in [2.45, 2.75) is 25.4 Å². The Bertz CT molecular complexity index is 284. The molecule has 1 aliphatic rings. The van der Waals surface area contributed by atoms with Gasteiger partial charge in [-0.3, -0.25) is 0 Å². The van der Waals surface area contributed by atoms with E-state index in [9.17, 15) is 5.11 Å². The Hall–Kier alpha value is -0.380. The highest BCUT2D eigenvalue weighted by atomic mass is 32.1. The summed E-state index contributed by atoms with van der Waals surface area (Å²) in [6.07, 6.45) is 2.79. The van der Waals surface area contributed by atoms with Crippen molar-refractivity contribution in [3.63, 3.8) is 0 Å². The van der Waals surface area contributed by atoms with Crippen LogP contribution in [0.2, 0.25) is 0 Å². The van der Waals surface area contributed by atoms with Gasteiger partial charge in [-0.1, -0.05) is 0 Å². The summed E-state index contributed by atoms with van der Waals surface area (Å²) < 4.78 is 0. The van der Waals surface area contributed by atoms with Crippen molar-refractivity contribution >= 4 is 11.3 Å². The van der Waals surface area contributed by atoms with Crippen LogP contribution in [0.1, 0.15) is 29.4 Å². The fraction of sp³-hybridized carbons (Fsp3) is 0.600. The molecule has 0 bridgehead atoms. The molecule has 0 spiro atoms. The molecule has 72 valence electrons. The summed E-state index contributed by atoms with van der Waals surface area (Å²) >= 11 is 1.76. The lowest BCUT2D eigenvalue weighted by molar-refractivity contribution is 0.131. The molecule has 0 radical (unpaired) electrons. The normalized spacial score (nSPS) is 27.2. The van der Waals surface area contributed by atoms with Gasteiger partial charge in [-0.15, -0.1) is 11.3 Å². The molecule has 1 heterocycles. The van der Waals surface area contributed by atoms with Crippen molar-refractivity contribution in [2.75, 3.05) is 6.54 Å². The first-order chi connectivity index (χ1) is 6.31. The van der Waals surface area contributed by atoms with E-state index in [1.54, 1.807) is 11.3 Å². The first-order valence-corrected chi connectivity index (χ1v) is 5.63. The zero-order valence-electron chi connectivity index (χ0n) is 7.57. The molecule has 0 saturated carbocycles. The van der Waals surface area contributed by atoms with Gasteiger partial charge in [0.1, 0.15) is 0 Å². The molecular weight excluding hydrogens is 182 g/mol. The zero-order chi connectivity index (χ0) is 9.26. The topological polar surface area (TPSA) is 46.2 Å². The summed E-state index contributed by atoms with van der Waals surface area (Å²) in [7, 11) is 0. The number of nitrogens with two attached hydrogens (primary N) is 1. The average Bonchev–Trinajstić information content (AvgIpc) is 2.53. The van der Waals surface area contributed by atoms with Gasteiger partial charge in [0, 0.05) is 4.88 Å². The fourth-order valence-electron chi connectivity index (χ4n) is 2.06. The van der Waals surface area contributed by atoms with Crippen molar-refractivity contribution in [1.29, 1.82) is 0 Å². The van der Waals surface area contributed by atoms with E-state index in [0.29, 0.717) is 5.92 Å². The SMILES string of the molecule is NCCC1Cc2sccc2C(O)C1. The molecule has 0 aromatic carbocycles. The van der Waals surface area contributed by atoms with Crippen LogP contribution in [0.25, 0.3) is 0 Å². The second-order valence-corrected chi connectivity index (χ2v) is 4.70. The molecule has 2 atom stereocenters. The lowest BCUT2D eigenvalue weighted by Crippen LogP contribution is -2.19. The Labute approximate surface area is 82.4 Å². The molecule has 0 fully saturated rings. The van der Waals surface area contributed by atoms with Gasteiger partial charge in [0.05, 0.1) is 6.10 Å². The minimum absolute atomic E-state index is 0.244. The van der Waals surface area contributed by atoms with Crippen molar-refractivity contribution in [3.05, 3.63) is 21.9 Å². The van der Waals surface area contributed by atoms with Gasteiger partial charge < -0.3 is 10.8 Å². The lowest BCUT2D eigenvalue weighted by Gasteiger charge is -2.25. The smallest absolute Gasteiger partial charge is 0.0803 e. The minimum Gasteiger partial charge on any atom is -0.388 e. The molecule has 13 heavy (non-hydrogen) atoms. The number of aliphatic hydroxyl groups is 1. The number of thiophene rings is 1. The summed E-state index contributed by atoms with van der Waals surface area (Å²) in [5, 5.41) is 11.9. The predicted octanol–water partition coefficient (Wildman–Crippen LogP) is 1.69. The first-order valence-electron chi connectivity index (χ1n) is 4.75. The summed E-state index contributed by atoms with van der Waals surface area (Å²) in [4.78, 5) is 1.36. The average molecular weight is 197 g/mol. The zero-order valence-corrected chi connectivity index (χ0v) is 8.39. The van der Waals surface area contributed by atoms with Gasteiger partial charge in [0.2, 0.25) is 0 Å². The number of hydrogen-bond donors (Lipinski definition) is 2. The quantitative estimate of drug-likeness (QED) is 0.758. The predicted molar refractivity (Wildman–Crippen MR) is 54.8 cm³/mol. The maximum atomic E-state index is 9.81. The third-order valence-corrected chi connectivity index (χ3v) is 3.70. The van der Waals surface area contributed by atoms with Gasteiger partial charge in [-0.25, -0.2) is 0 Å². The van der Waals surface area contributed by atoms with Gasteiger partial charge >= 0.3 is 0 Å². The standard InChI is InChI=1S/C10H15NOS/c11-3-1-7-5-9(12)8-2-4-13-10(8)6-7/h2,4,7,9,12H,1,3,5-6,11H2. The maximum absolute atomic E-state index is 9.81. The Morgan fingerprint density at radius 1 is 1.62 bits per heavy atom. The van der Waals surface area contributed by atoms with Gasteiger partial charge in [0.25, 0.3) is 0 Å². The molecule has 1 aromatic heterocycles. The summed E-state index contributed by atoms with van der Waals surface area (Å²) in [5.41, 5.74) is 6.67. The summed E-state index contributed by atoms with van der Waals surface area (Å²) in [6, 6.07) is 2.04. The molecule has 1 aliphatic carbocycles. The van der Waals surface area contributed by atoms with Gasteiger partial charge in [-0.2, -0.15) is 0 Å². The molecule has 2 nitrogen and oxygen atoms in total. The van der Waals surface area contributed by atoms with Crippen LogP contribution in [0, 0.1) is 5.92 Å². The highest BCUT2D eigenvalue weighted by Crippen LogP contribution is 2.37. The highest BCUT2D eigenvalue weighted by Gasteiger charge is 2.25. The largest absolute Gasteiger partial charge is 0.388 e. The van der Waals surface area contributed by atoms with Crippen LogP contribution in [0.3, 0.4) is 0 Å². The monoisotopic (exact) mass is 197 g/mol. The van der Waals surface area contributed by atoms with Crippen LogP contribution >= 0.6 is 11.3 Å². The van der Waals surface area contributed by atoms with Crippen LogP contribution in [0.5, 0.6) is 0 Å². The Morgan fingerprint density at radius 3 is 3.23 bits per heavy atom. The second-order valence-electron chi connectivity index (χ2n) is 3.70. The van der Waals surface area contributed by atoms with E-state index in [2.05, 4.69) is 5.38 Å². The van der Waals surface area contributed by atoms with Crippen molar-refractivity contribution in [2.24, 2.45) is 11.7 Å². The molecule has 0 amide bonds. The lowest BCUT2D eigenvalue weighted by atomic mass is 9.85. The first kappa shape index (κ1) is 9.19. The number of fused-ring (bicyclic) bond motifs is 1. The maximum Gasteiger partial charge on any atom is 0.0803 e. The van der Waals surface area contributed by atoms with Crippen LogP contribution in [-0.4, -0.2) is 11.7 Å². The van der Waals surface area contributed by atoms with Gasteiger partial charge in [-0.05, 0) is 48.7 Å². The highest BCUT2D eigenvalue weighted by molar-refractivity contribution is 7.10. The Morgan fingerprint density at radius 2 is 2.46 bits per heavy atom. The molecule has 0 aliphatic heterocycles.